The summed E-state index contributed by atoms with van der Waals surface area (Å²) < 4.78 is 6.46. The SMILES string of the molecule is CCC(C)(C)C1CCC(N)C(OC2CCCC(C)C2)C1. The van der Waals surface area contributed by atoms with E-state index in [2.05, 4.69) is 27.7 Å². The van der Waals surface area contributed by atoms with Crippen LogP contribution in [0.3, 0.4) is 0 Å². The molecule has 2 heteroatoms. The first-order valence-electron chi connectivity index (χ1n) is 8.83. The quantitative estimate of drug-likeness (QED) is 0.822. The highest BCUT2D eigenvalue weighted by Crippen LogP contribution is 2.41. The first kappa shape index (κ1) is 16.3. The Balaban J connectivity index is 1.92. The minimum absolute atomic E-state index is 0.260. The van der Waals surface area contributed by atoms with Crippen molar-refractivity contribution >= 4 is 0 Å². The zero-order valence-electron chi connectivity index (χ0n) is 14.0. The third-order valence-electron chi connectivity index (χ3n) is 6.11. The van der Waals surface area contributed by atoms with Crippen molar-refractivity contribution in [3.63, 3.8) is 0 Å². The molecule has 2 nitrogen and oxygen atoms in total. The molecular weight excluding hydrogens is 246 g/mol. The molecule has 0 aromatic rings. The van der Waals surface area contributed by atoms with Crippen molar-refractivity contribution in [3.8, 4) is 0 Å². The summed E-state index contributed by atoms with van der Waals surface area (Å²) in [4.78, 5) is 0. The average Bonchev–Trinajstić information content (AvgIpc) is 2.41. The van der Waals surface area contributed by atoms with Gasteiger partial charge in [0.05, 0.1) is 12.2 Å². The number of nitrogens with two attached hydrogens (primary N) is 1. The van der Waals surface area contributed by atoms with Gasteiger partial charge in [-0.25, -0.2) is 0 Å². The van der Waals surface area contributed by atoms with Gasteiger partial charge in [0.1, 0.15) is 0 Å². The molecule has 0 bridgehead atoms. The zero-order valence-corrected chi connectivity index (χ0v) is 14.0. The number of ether oxygens (including phenoxy) is 1. The number of hydrogen-bond donors (Lipinski definition) is 1. The lowest BCUT2D eigenvalue weighted by Crippen LogP contribution is -2.46. The molecule has 0 spiro atoms. The Morgan fingerprint density at radius 3 is 2.50 bits per heavy atom. The standard InChI is InChI=1S/C18H35NO/c1-5-18(3,4)14-9-10-16(19)17(12-14)20-15-8-6-7-13(2)11-15/h13-17H,5-12,19H2,1-4H3. The Morgan fingerprint density at radius 1 is 1.10 bits per heavy atom. The molecule has 2 fully saturated rings. The first-order valence-corrected chi connectivity index (χ1v) is 8.83. The van der Waals surface area contributed by atoms with E-state index in [9.17, 15) is 0 Å². The van der Waals surface area contributed by atoms with E-state index in [1.165, 1.54) is 44.9 Å². The van der Waals surface area contributed by atoms with Gasteiger partial charge in [0.15, 0.2) is 0 Å². The van der Waals surface area contributed by atoms with Crippen LogP contribution in [0, 0.1) is 17.3 Å². The summed E-state index contributed by atoms with van der Waals surface area (Å²) >= 11 is 0. The van der Waals surface area contributed by atoms with E-state index in [-0.39, 0.29) is 6.04 Å². The van der Waals surface area contributed by atoms with Gasteiger partial charge in [-0.1, -0.05) is 47.0 Å². The Hall–Kier alpha value is -0.0800. The minimum atomic E-state index is 0.260. The third kappa shape index (κ3) is 3.98. The van der Waals surface area contributed by atoms with Gasteiger partial charge in [-0.15, -0.1) is 0 Å². The highest BCUT2D eigenvalue weighted by atomic mass is 16.5. The van der Waals surface area contributed by atoms with Crippen LogP contribution in [0.4, 0.5) is 0 Å². The van der Waals surface area contributed by atoms with Crippen molar-refractivity contribution in [1.82, 2.24) is 0 Å². The maximum absolute atomic E-state index is 6.46. The monoisotopic (exact) mass is 281 g/mol. The second kappa shape index (κ2) is 6.79. The molecule has 2 aliphatic carbocycles. The van der Waals surface area contributed by atoms with Crippen LogP contribution < -0.4 is 5.73 Å². The van der Waals surface area contributed by atoms with Gasteiger partial charge >= 0.3 is 0 Å². The summed E-state index contributed by atoms with van der Waals surface area (Å²) in [6.45, 7) is 9.50. The van der Waals surface area contributed by atoms with Crippen LogP contribution in [0.1, 0.15) is 79.1 Å². The van der Waals surface area contributed by atoms with Crippen LogP contribution in [0.15, 0.2) is 0 Å². The van der Waals surface area contributed by atoms with Gasteiger partial charge in [-0.2, -0.15) is 0 Å². The molecule has 2 rings (SSSR count). The van der Waals surface area contributed by atoms with Crippen LogP contribution >= 0.6 is 0 Å². The highest BCUT2D eigenvalue weighted by Gasteiger charge is 2.37. The van der Waals surface area contributed by atoms with E-state index >= 15 is 0 Å². The predicted molar refractivity (Wildman–Crippen MR) is 85.7 cm³/mol. The molecule has 5 atom stereocenters. The first-order chi connectivity index (χ1) is 9.42. The fourth-order valence-electron chi connectivity index (χ4n) is 4.06. The molecule has 0 aromatic heterocycles. The van der Waals surface area contributed by atoms with Crippen molar-refractivity contribution < 1.29 is 4.74 Å². The Bertz CT molecular complexity index is 302. The van der Waals surface area contributed by atoms with Gasteiger partial charge in [0.25, 0.3) is 0 Å². The van der Waals surface area contributed by atoms with Crippen molar-refractivity contribution in [2.45, 2.75) is 97.3 Å². The van der Waals surface area contributed by atoms with E-state index in [0.29, 0.717) is 17.6 Å². The Morgan fingerprint density at radius 2 is 1.85 bits per heavy atom. The molecule has 0 aromatic carbocycles. The highest BCUT2D eigenvalue weighted by molar-refractivity contribution is 4.90. The molecule has 0 heterocycles. The summed E-state index contributed by atoms with van der Waals surface area (Å²) in [5.74, 6) is 1.61. The molecular formula is C18H35NO. The van der Waals surface area contributed by atoms with Crippen LogP contribution in [0.2, 0.25) is 0 Å². The van der Waals surface area contributed by atoms with E-state index in [1.54, 1.807) is 0 Å². The normalized spacial score (nSPS) is 39.8. The lowest BCUT2D eigenvalue weighted by Gasteiger charge is -2.43. The molecule has 0 saturated heterocycles. The summed E-state index contributed by atoms with van der Waals surface area (Å²) in [5, 5.41) is 0. The Kier molecular flexibility index (Phi) is 5.53. The minimum Gasteiger partial charge on any atom is -0.373 e. The van der Waals surface area contributed by atoms with Crippen LogP contribution in [-0.2, 0) is 4.74 Å². The molecule has 0 aliphatic heterocycles. The second-order valence-corrected chi connectivity index (χ2v) is 8.08. The second-order valence-electron chi connectivity index (χ2n) is 8.08. The van der Waals surface area contributed by atoms with E-state index in [1.807, 2.05) is 0 Å². The van der Waals surface area contributed by atoms with Crippen molar-refractivity contribution in [1.29, 1.82) is 0 Å². The topological polar surface area (TPSA) is 35.2 Å². The molecule has 5 unspecified atom stereocenters. The fraction of sp³-hybridized carbons (Fsp3) is 1.00. The largest absolute Gasteiger partial charge is 0.373 e. The van der Waals surface area contributed by atoms with Crippen molar-refractivity contribution in [2.75, 3.05) is 0 Å². The Labute approximate surface area is 125 Å². The van der Waals surface area contributed by atoms with Crippen LogP contribution in [0.5, 0.6) is 0 Å². The van der Waals surface area contributed by atoms with Crippen LogP contribution in [0.25, 0.3) is 0 Å². The molecule has 2 saturated carbocycles. The lowest BCUT2D eigenvalue weighted by atomic mass is 9.68. The van der Waals surface area contributed by atoms with Gasteiger partial charge in [-0.05, 0) is 49.4 Å². The molecule has 0 amide bonds. The van der Waals surface area contributed by atoms with Crippen molar-refractivity contribution in [3.05, 3.63) is 0 Å². The smallest absolute Gasteiger partial charge is 0.0732 e. The van der Waals surface area contributed by atoms with Gasteiger partial charge in [0, 0.05) is 6.04 Å². The summed E-state index contributed by atoms with van der Waals surface area (Å²) in [7, 11) is 0. The fourth-order valence-corrected chi connectivity index (χ4v) is 4.06. The van der Waals surface area contributed by atoms with Gasteiger partial charge in [0.2, 0.25) is 0 Å². The van der Waals surface area contributed by atoms with Crippen LogP contribution in [-0.4, -0.2) is 18.2 Å². The maximum Gasteiger partial charge on any atom is 0.0732 e. The lowest BCUT2D eigenvalue weighted by molar-refractivity contribution is -0.0809. The van der Waals surface area contributed by atoms with Crippen molar-refractivity contribution in [2.24, 2.45) is 23.0 Å². The molecule has 2 N–H and O–H groups in total. The van der Waals surface area contributed by atoms with Gasteiger partial charge in [-0.3, -0.25) is 0 Å². The summed E-state index contributed by atoms with van der Waals surface area (Å²) in [6, 6.07) is 0.260. The molecule has 20 heavy (non-hydrogen) atoms. The molecule has 118 valence electrons. The summed E-state index contributed by atoms with van der Waals surface area (Å²) in [6.07, 6.45) is 10.8. The number of hydrogen-bond acceptors (Lipinski definition) is 2. The maximum atomic E-state index is 6.46. The average molecular weight is 281 g/mol. The predicted octanol–water partition coefficient (Wildman–Crippen LogP) is 4.51. The number of rotatable bonds is 4. The van der Waals surface area contributed by atoms with E-state index in [0.717, 1.165) is 18.3 Å². The summed E-state index contributed by atoms with van der Waals surface area (Å²) in [5.41, 5.74) is 6.78. The van der Waals surface area contributed by atoms with Gasteiger partial charge < -0.3 is 10.5 Å². The molecule has 2 aliphatic rings. The van der Waals surface area contributed by atoms with E-state index in [4.69, 9.17) is 10.5 Å². The zero-order chi connectivity index (χ0) is 14.8. The van der Waals surface area contributed by atoms with E-state index < -0.39 is 0 Å². The third-order valence-corrected chi connectivity index (χ3v) is 6.11. The molecule has 0 radical (unpaired) electrons.